The average Bonchev–Trinajstić information content (AvgIpc) is 2.03. The van der Waals surface area contributed by atoms with E-state index >= 15 is 0 Å². The van der Waals surface area contributed by atoms with Crippen LogP contribution >= 0.6 is 0 Å². The summed E-state index contributed by atoms with van der Waals surface area (Å²) >= 11 is 0. The van der Waals surface area contributed by atoms with Gasteiger partial charge in [-0.2, -0.15) is 0 Å². The summed E-state index contributed by atoms with van der Waals surface area (Å²) in [6, 6.07) is 0.683. The lowest BCUT2D eigenvalue weighted by Crippen LogP contribution is -2.33. The molecule has 2 nitrogen and oxygen atoms in total. The van der Waals surface area contributed by atoms with Crippen molar-refractivity contribution in [1.82, 2.24) is 0 Å². The molecular formula is C9H17N2+. The molecule has 0 N–H and O–H groups in total. The topological polar surface area (TPSA) is 15.4 Å². The summed E-state index contributed by atoms with van der Waals surface area (Å²) in [6.07, 6.45) is 5.57. The second-order valence-electron chi connectivity index (χ2n) is 3.81. The molecule has 2 aliphatic rings. The molecular weight excluding hydrogens is 136 g/mol. The minimum atomic E-state index is 0.683. The summed E-state index contributed by atoms with van der Waals surface area (Å²) in [5, 5.41) is 4.65. The van der Waals surface area contributed by atoms with E-state index in [9.17, 15) is 0 Å². The molecule has 62 valence electrons. The maximum absolute atomic E-state index is 4.65. The van der Waals surface area contributed by atoms with Crippen molar-refractivity contribution in [3.05, 3.63) is 0 Å². The minimum absolute atomic E-state index is 0.683. The van der Waals surface area contributed by atoms with Crippen LogP contribution in [0.3, 0.4) is 0 Å². The van der Waals surface area contributed by atoms with Crippen LogP contribution in [0.15, 0.2) is 5.11 Å². The number of nitrogens with zero attached hydrogens (tertiary/aromatic N) is 2. The lowest BCUT2D eigenvalue weighted by Gasteiger charge is -2.27. The Morgan fingerprint density at radius 3 is 3.09 bits per heavy atom. The lowest BCUT2D eigenvalue weighted by atomic mass is 9.85. The van der Waals surface area contributed by atoms with E-state index in [1.54, 1.807) is 0 Å². The first-order valence-electron chi connectivity index (χ1n) is 4.84. The normalized spacial score (nSPS) is 36.6. The van der Waals surface area contributed by atoms with Gasteiger partial charge in [-0.25, -0.2) is 0 Å². The number of azo groups is 2. The Labute approximate surface area is 68.3 Å². The fourth-order valence-corrected chi connectivity index (χ4v) is 2.32. The van der Waals surface area contributed by atoms with Gasteiger partial charge in [0.05, 0.1) is 0 Å². The fraction of sp³-hybridized carbons (Fsp3) is 1.00. The van der Waals surface area contributed by atoms with Crippen LogP contribution in [0.2, 0.25) is 0 Å². The Kier molecular flexibility index (Phi) is 1.93. The van der Waals surface area contributed by atoms with Crippen molar-refractivity contribution in [2.45, 2.75) is 38.6 Å². The van der Waals surface area contributed by atoms with Gasteiger partial charge < -0.3 is 0 Å². The van der Waals surface area contributed by atoms with Crippen LogP contribution in [0, 0.1) is 5.92 Å². The van der Waals surface area contributed by atoms with E-state index in [0.717, 1.165) is 12.5 Å². The molecule has 0 saturated heterocycles. The van der Waals surface area contributed by atoms with Gasteiger partial charge in [0.1, 0.15) is 6.04 Å². The largest absolute Gasteiger partial charge is 0.171 e. The molecule has 0 spiro atoms. The summed E-state index contributed by atoms with van der Waals surface area (Å²) in [6.45, 7) is 4.53. The molecule has 1 aliphatic carbocycles. The number of hydrogen-bond donors (Lipinski definition) is 0. The van der Waals surface area contributed by atoms with Crippen molar-refractivity contribution < 1.29 is 4.70 Å². The molecule has 2 atom stereocenters. The van der Waals surface area contributed by atoms with Gasteiger partial charge in [-0.15, -0.1) is 4.70 Å². The van der Waals surface area contributed by atoms with Crippen LogP contribution in [-0.4, -0.2) is 23.8 Å². The molecule has 1 heterocycles. The van der Waals surface area contributed by atoms with Gasteiger partial charge >= 0.3 is 0 Å². The molecule has 2 rings (SSSR count). The smallest absolute Gasteiger partial charge is 0.127 e. The zero-order valence-electron chi connectivity index (χ0n) is 7.29. The quantitative estimate of drug-likeness (QED) is 0.512. The van der Waals surface area contributed by atoms with Gasteiger partial charge in [0.25, 0.3) is 0 Å². The monoisotopic (exact) mass is 153 g/mol. The molecule has 0 unspecified atom stereocenters. The van der Waals surface area contributed by atoms with E-state index in [-0.39, 0.29) is 0 Å². The molecule has 0 radical (unpaired) electrons. The second-order valence-corrected chi connectivity index (χ2v) is 3.81. The first kappa shape index (κ1) is 7.26. The van der Waals surface area contributed by atoms with Gasteiger partial charge in [-0.05, 0) is 31.3 Å². The van der Waals surface area contributed by atoms with Crippen LogP contribution in [-0.2, 0) is 0 Å². The van der Waals surface area contributed by atoms with E-state index < -0.39 is 0 Å². The third kappa shape index (κ3) is 1.44. The van der Waals surface area contributed by atoms with Crippen LogP contribution in [0.5, 0.6) is 0 Å². The molecule has 2 heteroatoms. The highest BCUT2D eigenvalue weighted by Gasteiger charge is 2.31. The van der Waals surface area contributed by atoms with Crippen molar-refractivity contribution in [3.63, 3.8) is 0 Å². The third-order valence-electron chi connectivity index (χ3n) is 2.92. The second kappa shape index (κ2) is 2.92. The average molecular weight is 153 g/mol. The molecule has 1 aliphatic heterocycles. The van der Waals surface area contributed by atoms with Gasteiger partial charge in [-0.1, -0.05) is 6.42 Å². The predicted molar refractivity (Wildman–Crippen MR) is 43.8 cm³/mol. The molecule has 0 aromatic heterocycles. The van der Waals surface area contributed by atoms with Gasteiger partial charge in [-0.3, -0.25) is 0 Å². The Morgan fingerprint density at radius 2 is 2.36 bits per heavy atom. The van der Waals surface area contributed by atoms with Gasteiger partial charge in [0.15, 0.2) is 13.1 Å². The van der Waals surface area contributed by atoms with Crippen LogP contribution in [0.25, 0.3) is 0 Å². The molecule has 1 saturated carbocycles. The minimum Gasteiger partial charge on any atom is -0.127 e. The number of fused-ring (bicyclic) bond motifs is 2. The maximum atomic E-state index is 4.65. The Balaban J connectivity index is 2.09. The van der Waals surface area contributed by atoms with Crippen LogP contribution in [0.4, 0.5) is 0 Å². The predicted octanol–water partition coefficient (Wildman–Crippen LogP) is 2.04. The maximum Gasteiger partial charge on any atom is 0.171 e. The molecule has 2 bridgehead atoms. The lowest BCUT2D eigenvalue weighted by molar-refractivity contribution is -0.609. The molecule has 11 heavy (non-hydrogen) atoms. The molecule has 1 fully saturated rings. The zero-order valence-corrected chi connectivity index (χ0v) is 7.29. The first-order valence-corrected chi connectivity index (χ1v) is 4.84. The third-order valence-corrected chi connectivity index (χ3v) is 2.92. The van der Waals surface area contributed by atoms with E-state index in [0.29, 0.717) is 6.04 Å². The summed E-state index contributed by atoms with van der Waals surface area (Å²) in [5.74, 6) is 0.964. The summed E-state index contributed by atoms with van der Waals surface area (Å²) < 4.78 is 2.26. The summed E-state index contributed by atoms with van der Waals surface area (Å²) in [7, 11) is 0. The highest BCUT2D eigenvalue weighted by molar-refractivity contribution is 4.77. The molecule has 0 aromatic carbocycles. The zero-order chi connectivity index (χ0) is 7.68. The van der Waals surface area contributed by atoms with E-state index in [1.807, 2.05) is 0 Å². The number of rotatable bonds is 1. The van der Waals surface area contributed by atoms with Gasteiger partial charge in [0.2, 0.25) is 0 Å². The van der Waals surface area contributed by atoms with E-state index in [1.165, 1.54) is 32.2 Å². The fourth-order valence-electron chi connectivity index (χ4n) is 2.32. The van der Waals surface area contributed by atoms with E-state index in [2.05, 4.69) is 16.7 Å². The molecule has 0 amide bonds. The first-order chi connectivity index (χ1) is 5.38. The molecule has 0 aromatic rings. The Bertz CT molecular complexity index is 174. The van der Waals surface area contributed by atoms with Crippen molar-refractivity contribution in [2.75, 3.05) is 13.1 Å². The Hall–Kier alpha value is -0.400. The SMILES string of the molecule is CC[N+]1=N[C@@H]2CCC[C@@H](C2)C1. The van der Waals surface area contributed by atoms with Crippen LogP contribution in [0.1, 0.15) is 32.6 Å². The van der Waals surface area contributed by atoms with Crippen molar-refractivity contribution >= 4 is 0 Å². The van der Waals surface area contributed by atoms with Gasteiger partial charge in [0, 0.05) is 5.92 Å². The summed E-state index contributed by atoms with van der Waals surface area (Å²) in [5.41, 5.74) is 0. The van der Waals surface area contributed by atoms with Crippen molar-refractivity contribution in [1.29, 1.82) is 0 Å². The van der Waals surface area contributed by atoms with Crippen molar-refractivity contribution in [3.8, 4) is 0 Å². The standard InChI is InChI=1S/C9H17N2/c1-2-11-7-8-4-3-5-9(6-8)10-11/h8-9H,2-7H2,1H3/q+1/t8-,9+/m0/s1. The number of hydrogen-bond acceptors (Lipinski definition) is 1. The van der Waals surface area contributed by atoms with Crippen molar-refractivity contribution in [2.24, 2.45) is 11.0 Å². The summed E-state index contributed by atoms with van der Waals surface area (Å²) in [4.78, 5) is 0. The Morgan fingerprint density at radius 1 is 1.45 bits per heavy atom. The highest BCUT2D eigenvalue weighted by atomic mass is 15.3. The van der Waals surface area contributed by atoms with E-state index in [4.69, 9.17) is 0 Å². The highest BCUT2D eigenvalue weighted by Crippen LogP contribution is 2.29. The van der Waals surface area contributed by atoms with Crippen LogP contribution < -0.4 is 0 Å².